The SMILES string of the molecule is COc1ccc(S(=O)(=O)N2CCC[C@H]2c2c(C)noc2C)cc1OC. The van der Waals surface area contributed by atoms with Crippen molar-refractivity contribution in [3.05, 3.63) is 35.2 Å². The van der Waals surface area contributed by atoms with Gasteiger partial charge in [-0.2, -0.15) is 4.31 Å². The highest BCUT2D eigenvalue weighted by Gasteiger charge is 2.39. The van der Waals surface area contributed by atoms with Gasteiger partial charge in [0.2, 0.25) is 10.0 Å². The third-order valence-corrected chi connectivity index (χ3v) is 6.49. The topological polar surface area (TPSA) is 81.9 Å². The Morgan fingerprint density at radius 2 is 1.92 bits per heavy atom. The fraction of sp³-hybridized carbons (Fsp3) is 0.471. The quantitative estimate of drug-likeness (QED) is 0.809. The third-order valence-electron chi connectivity index (χ3n) is 4.59. The van der Waals surface area contributed by atoms with E-state index in [1.165, 1.54) is 24.6 Å². The second kappa shape index (κ2) is 6.68. The Balaban J connectivity index is 2.02. The summed E-state index contributed by atoms with van der Waals surface area (Å²) in [5.41, 5.74) is 1.60. The number of hydrogen-bond acceptors (Lipinski definition) is 6. The number of nitrogens with zero attached hydrogens (tertiary/aromatic N) is 2. The van der Waals surface area contributed by atoms with Gasteiger partial charge in [-0.25, -0.2) is 8.42 Å². The normalized spacial score (nSPS) is 18.5. The maximum atomic E-state index is 13.2. The first kappa shape index (κ1) is 17.8. The lowest BCUT2D eigenvalue weighted by Gasteiger charge is -2.24. The van der Waals surface area contributed by atoms with Gasteiger partial charge in [-0.3, -0.25) is 0 Å². The molecule has 3 rings (SSSR count). The van der Waals surface area contributed by atoms with Gasteiger partial charge in [0.15, 0.2) is 11.5 Å². The van der Waals surface area contributed by atoms with Crippen molar-refractivity contribution in [2.45, 2.75) is 37.6 Å². The zero-order valence-corrected chi connectivity index (χ0v) is 15.6. The summed E-state index contributed by atoms with van der Waals surface area (Å²) < 4.78 is 43.6. The van der Waals surface area contributed by atoms with Crippen molar-refractivity contribution in [1.82, 2.24) is 9.46 Å². The van der Waals surface area contributed by atoms with E-state index in [2.05, 4.69) is 5.16 Å². The highest BCUT2D eigenvalue weighted by atomic mass is 32.2. The molecule has 0 N–H and O–H groups in total. The number of benzene rings is 1. The largest absolute Gasteiger partial charge is 0.493 e. The van der Waals surface area contributed by atoms with Crippen molar-refractivity contribution in [2.75, 3.05) is 20.8 Å². The predicted molar refractivity (Wildman–Crippen MR) is 91.4 cm³/mol. The van der Waals surface area contributed by atoms with Crippen molar-refractivity contribution in [2.24, 2.45) is 0 Å². The smallest absolute Gasteiger partial charge is 0.243 e. The van der Waals surface area contributed by atoms with E-state index in [0.29, 0.717) is 23.8 Å². The molecule has 1 atom stereocenters. The number of aryl methyl sites for hydroxylation is 2. The summed E-state index contributed by atoms with van der Waals surface area (Å²) >= 11 is 0. The lowest BCUT2D eigenvalue weighted by atomic mass is 10.0. The van der Waals surface area contributed by atoms with E-state index in [1.54, 1.807) is 12.1 Å². The van der Waals surface area contributed by atoms with Crippen molar-refractivity contribution < 1.29 is 22.4 Å². The molecule has 136 valence electrons. The number of rotatable bonds is 5. The van der Waals surface area contributed by atoms with Crippen molar-refractivity contribution in [1.29, 1.82) is 0 Å². The Bertz CT molecular complexity index is 856. The summed E-state index contributed by atoms with van der Waals surface area (Å²) in [7, 11) is -0.680. The Labute approximate surface area is 147 Å². The molecule has 2 aromatic rings. The highest BCUT2D eigenvalue weighted by molar-refractivity contribution is 7.89. The van der Waals surface area contributed by atoms with Crippen LogP contribution in [0.4, 0.5) is 0 Å². The average molecular weight is 366 g/mol. The van der Waals surface area contributed by atoms with Crippen LogP contribution in [0.1, 0.15) is 35.9 Å². The van der Waals surface area contributed by atoms with E-state index in [1.807, 2.05) is 13.8 Å². The first-order valence-electron chi connectivity index (χ1n) is 8.06. The molecule has 1 saturated heterocycles. The zero-order valence-electron chi connectivity index (χ0n) is 14.8. The standard InChI is InChI=1S/C17H22N2O5S/c1-11-17(12(2)24-18-11)14-6-5-9-19(14)25(20,21)13-7-8-15(22-3)16(10-13)23-4/h7-8,10,14H,5-6,9H2,1-4H3/t14-/m0/s1. The minimum absolute atomic E-state index is 0.184. The summed E-state index contributed by atoms with van der Waals surface area (Å²) in [6.07, 6.45) is 1.54. The monoisotopic (exact) mass is 366 g/mol. The van der Waals surface area contributed by atoms with Gasteiger partial charge in [-0.05, 0) is 38.8 Å². The summed E-state index contributed by atoms with van der Waals surface area (Å²) in [5, 5.41) is 3.97. The van der Waals surface area contributed by atoms with Gasteiger partial charge in [-0.1, -0.05) is 5.16 Å². The van der Waals surface area contributed by atoms with Crippen LogP contribution in [0.3, 0.4) is 0 Å². The molecule has 25 heavy (non-hydrogen) atoms. The fourth-order valence-electron chi connectivity index (χ4n) is 3.39. The molecule has 8 heteroatoms. The number of ether oxygens (including phenoxy) is 2. The van der Waals surface area contributed by atoms with Crippen LogP contribution in [0.5, 0.6) is 11.5 Å². The molecule has 0 radical (unpaired) electrons. The molecule has 1 aliphatic rings. The van der Waals surface area contributed by atoms with Gasteiger partial charge in [-0.15, -0.1) is 0 Å². The summed E-state index contributed by atoms with van der Waals surface area (Å²) in [4.78, 5) is 0.184. The number of aromatic nitrogens is 1. The Morgan fingerprint density at radius 3 is 2.52 bits per heavy atom. The molecule has 0 unspecified atom stereocenters. The molecule has 2 heterocycles. The summed E-state index contributed by atoms with van der Waals surface area (Å²) in [6.45, 7) is 4.12. The molecule has 0 bridgehead atoms. The lowest BCUT2D eigenvalue weighted by Crippen LogP contribution is -2.31. The van der Waals surface area contributed by atoms with Gasteiger partial charge in [0.05, 0.1) is 30.9 Å². The first-order valence-corrected chi connectivity index (χ1v) is 9.50. The molecule has 0 aliphatic carbocycles. The molecule has 1 aromatic carbocycles. The van der Waals surface area contributed by atoms with Crippen LogP contribution in [0.2, 0.25) is 0 Å². The molecular weight excluding hydrogens is 344 g/mol. The molecule has 0 spiro atoms. The minimum atomic E-state index is -3.68. The summed E-state index contributed by atoms with van der Waals surface area (Å²) in [5.74, 6) is 1.54. The van der Waals surface area contributed by atoms with Crippen molar-refractivity contribution in [3.63, 3.8) is 0 Å². The molecular formula is C17H22N2O5S. The Morgan fingerprint density at radius 1 is 1.20 bits per heavy atom. The minimum Gasteiger partial charge on any atom is -0.493 e. The van der Waals surface area contributed by atoms with E-state index in [4.69, 9.17) is 14.0 Å². The molecule has 1 aliphatic heterocycles. The maximum absolute atomic E-state index is 13.2. The van der Waals surface area contributed by atoms with Gasteiger partial charge >= 0.3 is 0 Å². The second-order valence-corrected chi connectivity index (χ2v) is 7.92. The highest BCUT2D eigenvalue weighted by Crippen LogP contribution is 2.40. The van der Waals surface area contributed by atoms with Gasteiger partial charge < -0.3 is 14.0 Å². The molecule has 1 aromatic heterocycles. The number of hydrogen-bond donors (Lipinski definition) is 0. The lowest BCUT2D eigenvalue weighted by molar-refractivity contribution is 0.353. The van der Waals surface area contributed by atoms with Crippen molar-refractivity contribution in [3.8, 4) is 11.5 Å². The van der Waals surface area contributed by atoms with Crippen LogP contribution in [-0.4, -0.2) is 38.6 Å². The van der Waals surface area contributed by atoms with Crippen molar-refractivity contribution >= 4 is 10.0 Å². The van der Waals surface area contributed by atoms with E-state index >= 15 is 0 Å². The van der Waals surface area contributed by atoms with E-state index in [0.717, 1.165) is 24.1 Å². The van der Waals surface area contributed by atoms with E-state index < -0.39 is 10.0 Å². The number of methoxy groups -OCH3 is 2. The predicted octanol–water partition coefficient (Wildman–Crippen LogP) is 2.83. The van der Waals surface area contributed by atoms with E-state index in [-0.39, 0.29) is 10.9 Å². The third kappa shape index (κ3) is 3.00. The first-order chi connectivity index (χ1) is 11.9. The van der Waals surface area contributed by atoms with E-state index in [9.17, 15) is 8.42 Å². The van der Waals surface area contributed by atoms with Crippen LogP contribution in [0.15, 0.2) is 27.6 Å². The number of sulfonamides is 1. The maximum Gasteiger partial charge on any atom is 0.243 e. The molecule has 1 fully saturated rings. The Hall–Kier alpha value is -2.06. The van der Waals surface area contributed by atoms with Crippen LogP contribution < -0.4 is 9.47 Å². The molecule has 7 nitrogen and oxygen atoms in total. The van der Waals surface area contributed by atoms with Crippen LogP contribution in [0.25, 0.3) is 0 Å². The van der Waals surface area contributed by atoms with Gasteiger partial charge in [0.1, 0.15) is 5.76 Å². The van der Waals surface area contributed by atoms with Gasteiger partial charge in [0, 0.05) is 18.2 Å². The second-order valence-electron chi connectivity index (χ2n) is 6.03. The van der Waals surface area contributed by atoms with Crippen LogP contribution in [-0.2, 0) is 10.0 Å². The molecule has 0 saturated carbocycles. The summed E-state index contributed by atoms with van der Waals surface area (Å²) in [6, 6.07) is 4.38. The Kier molecular flexibility index (Phi) is 4.75. The van der Waals surface area contributed by atoms with Gasteiger partial charge in [0.25, 0.3) is 0 Å². The fourth-order valence-corrected chi connectivity index (χ4v) is 5.08. The average Bonchev–Trinajstić information content (AvgIpc) is 3.20. The zero-order chi connectivity index (χ0) is 18.2. The van der Waals surface area contributed by atoms with Crippen LogP contribution >= 0.6 is 0 Å². The molecule has 0 amide bonds. The van der Waals surface area contributed by atoms with Crippen LogP contribution in [0, 0.1) is 13.8 Å².